The number of primary amides is 1. The van der Waals surface area contributed by atoms with E-state index >= 15 is 0 Å². The Morgan fingerprint density at radius 1 is 1.00 bits per heavy atom. The molecule has 4 N–H and O–H groups in total. The van der Waals surface area contributed by atoms with E-state index < -0.39 is 0 Å². The average Bonchev–Trinajstić information content (AvgIpc) is 3.73. The lowest BCUT2D eigenvalue weighted by Gasteiger charge is -2.17. The van der Waals surface area contributed by atoms with Crippen molar-refractivity contribution in [1.29, 1.82) is 0 Å². The van der Waals surface area contributed by atoms with Gasteiger partial charge in [0.05, 0.1) is 23.3 Å². The van der Waals surface area contributed by atoms with Crippen molar-refractivity contribution in [1.82, 2.24) is 20.1 Å². The van der Waals surface area contributed by atoms with Gasteiger partial charge in [-0.2, -0.15) is 5.10 Å². The molecule has 0 bridgehead atoms. The molecule has 6 rings (SSSR count). The molecule has 2 amide bonds. The normalized spacial score (nSPS) is 19.0. The number of nitrogens with zero attached hydrogens (tertiary/aromatic N) is 2. The lowest BCUT2D eigenvalue weighted by Crippen LogP contribution is -2.28. The molecule has 2 aromatic carbocycles. The third kappa shape index (κ3) is 5.50. The highest BCUT2D eigenvalue weighted by Crippen LogP contribution is 2.36. The van der Waals surface area contributed by atoms with Crippen molar-refractivity contribution in [3.63, 3.8) is 0 Å². The minimum Gasteiger partial charge on any atom is -0.369 e. The highest BCUT2D eigenvalue weighted by atomic mass is 16.2. The lowest BCUT2D eigenvalue weighted by atomic mass is 9.88. The second kappa shape index (κ2) is 11.6. The van der Waals surface area contributed by atoms with Crippen molar-refractivity contribution in [2.45, 2.75) is 77.8 Å². The fraction of sp³-hybridized carbons (Fsp3) is 0.412. The summed E-state index contributed by atoms with van der Waals surface area (Å²) in [6.45, 7) is 3.88. The predicted octanol–water partition coefficient (Wildman–Crippen LogP) is 5.50. The van der Waals surface area contributed by atoms with Gasteiger partial charge in [-0.15, -0.1) is 0 Å². The zero-order chi connectivity index (χ0) is 29.4. The third-order valence-corrected chi connectivity index (χ3v) is 9.36. The Hall–Kier alpha value is -4.20. The van der Waals surface area contributed by atoms with Crippen molar-refractivity contribution >= 4 is 22.7 Å². The molecule has 4 aromatic rings. The van der Waals surface area contributed by atoms with Gasteiger partial charge in [0, 0.05) is 29.1 Å². The van der Waals surface area contributed by atoms with Gasteiger partial charge >= 0.3 is 0 Å². The molecule has 2 atom stereocenters. The van der Waals surface area contributed by atoms with Gasteiger partial charge in [-0.25, -0.2) is 0 Å². The highest BCUT2D eigenvalue weighted by Gasteiger charge is 2.31. The topological polar surface area (TPSA) is 123 Å². The fourth-order valence-electron chi connectivity index (χ4n) is 7.10. The Morgan fingerprint density at radius 3 is 2.48 bits per heavy atom. The van der Waals surface area contributed by atoms with E-state index in [2.05, 4.69) is 45.3 Å². The molecule has 1 unspecified atom stereocenters. The van der Waals surface area contributed by atoms with Crippen LogP contribution in [-0.4, -0.2) is 26.6 Å². The second-order valence-electron chi connectivity index (χ2n) is 12.2. The van der Waals surface area contributed by atoms with E-state index in [-0.39, 0.29) is 29.8 Å². The zero-order valence-electron chi connectivity index (χ0n) is 24.4. The summed E-state index contributed by atoms with van der Waals surface area (Å²) in [4.78, 5) is 40.9. The van der Waals surface area contributed by atoms with Crippen LogP contribution in [0.3, 0.4) is 0 Å². The van der Waals surface area contributed by atoms with E-state index in [0.29, 0.717) is 23.1 Å². The van der Waals surface area contributed by atoms with Crippen LogP contribution in [0, 0.1) is 25.7 Å². The second-order valence-corrected chi connectivity index (χ2v) is 12.2. The van der Waals surface area contributed by atoms with E-state index in [9.17, 15) is 14.4 Å². The number of fused-ring (bicyclic) bond motifs is 1. The van der Waals surface area contributed by atoms with Gasteiger partial charge in [-0.05, 0) is 92.3 Å². The first kappa shape index (κ1) is 27.9. The summed E-state index contributed by atoms with van der Waals surface area (Å²) in [5.74, 6) is -0.162. The Morgan fingerprint density at radius 2 is 1.76 bits per heavy atom. The van der Waals surface area contributed by atoms with Crippen LogP contribution in [0.4, 0.5) is 0 Å². The monoisotopic (exact) mass is 565 g/mol. The zero-order valence-corrected chi connectivity index (χ0v) is 24.4. The first-order valence-corrected chi connectivity index (χ1v) is 15.2. The molecule has 2 aromatic heterocycles. The number of H-pyrrole nitrogens is 1. The van der Waals surface area contributed by atoms with E-state index in [4.69, 9.17) is 10.8 Å². The van der Waals surface area contributed by atoms with Crippen molar-refractivity contribution in [2.75, 3.05) is 0 Å². The molecule has 0 saturated heterocycles. The van der Waals surface area contributed by atoms with E-state index in [0.717, 1.165) is 71.8 Å². The van der Waals surface area contributed by atoms with Crippen molar-refractivity contribution < 1.29 is 9.59 Å². The molecule has 0 radical (unpaired) electrons. The standard InChI is InChI=1S/C34H39N5O3/c1-20-14-21(2)38-34(42)29(20)18-36-33(41)28-16-25(17-31-30(28)19-37-39(31)26-7-3-4-8-26)23-12-10-22(11-13-23)15-24-6-5-9-27(24)32(35)40/h10-14,16-17,19,24,26-27H,3-9,15,18H2,1-2H3,(H2,35,40)(H,36,41)(H,38,42)/t24?,27-/m0/s1. The SMILES string of the molecule is Cc1cc(C)c(CNC(=O)c2cc(-c3ccc(CC4CCC[C@@H]4C(N)=O)cc3)cc3c2cnn3C2CCCC2)c(=O)[nH]1. The van der Waals surface area contributed by atoms with Crippen LogP contribution in [0.5, 0.6) is 0 Å². The van der Waals surface area contributed by atoms with Crippen LogP contribution < -0.4 is 16.6 Å². The van der Waals surface area contributed by atoms with E-state index in [1.807, 2.05) is 26.0 Å². The molecule has 0 spiro atoms. The number of pyridine rings is 1. The number of amides is 2. The number of hydrogen-bond donors (Lipinski definition) is 3. The fourth-order valence-corrected chi connectivity index (χ4v) is 7.10. The Kier molecular flexibility index (Phi) is 7.71. The number of carbonyl (C=O) groups is 2. The number of benzene rings is 2. The van der Waals surface area contributed by atoms with E-state index in [1.54, 1.807) is 6.20 Å². The Bertz CT molecular complexity index is 1690. The number of hydrogen-bond acceptors (Lipinski definition) is 4. The molecule has 2 fully saturated rings. The number of carbonyl (C=O) groups excluding carboxylic acids is 2. The van der Waals surface area contributed by atoms with Gasteiger partial charge in [0.25, 0.3) is 11.5 Å². The van der Waals surface area contributed by atoms with E-state index in [1.165, 1.54) is 18.4 Å². The van der Waals surface area contributed by atoms with Crippen LogP contribution in [0.1, 0.15) is 83.7 Å². The molecule has 218 valence electrons. The summed E-state index contributed by atoms with van der Waals surface area (Å²) in [5, 5.41) is 8.56. The molecule has 2 aliphatic rings. The average molecular weight is 566 g/mol. The maximum absolute atomic E-state index is 13.7. The molecule has 8 nitrogen and oxygen atoms in total. The Labute approximate surface area is 245 Å². The minimum atomic E-state index is -0.234. The van der Waals surface area contributed by atoms with Gasteiger partial charge in [-0.3, -0.25) is 19.1 Å². The van der Waals surface area contributed by atoms with Crippen molar-refractivity contribution in [2.24, 2.45) is 17.6 Å². The summed E-state index contributed by atoms with van der Waals surface area (Å²) in [6.07, 6.45) is 10.1. The summed E-state index contributed by atoms with van der Waals surface area (Å²) in [5.41, 5.74) is 12.3. The van der Waals surface area contributed by atoms with Gasteiger partial charge in [0.2, 0.25) is 5.91 Å². The summed E-state index contributed by atoms with van der Waals surface area (Å²) < 4.78 is 2.09. The number of aryl methyl sites for hydroxylation is 2. The largest absolute Gasteiger partial charge is 0.369 e. The minimum absolute atomic E-state index is 0.0386. The predicted molar refractivity (Wildman–Crippen MR) is 164 cm³/mol. The molecule has 2 saturated carbocycles. The van der Waals surface area contributed by atoms with Gasteiger partial charge < -0.3 is 16.0 Å². The van der Waals surface area contributed by atoms with Gasteiger partial charge in [0.15, 0.2) is 0 Å². The van der Waals surface area contributed by atoms with Crippen LogP contribution in [-0.2, 0) is 17.8 Å². The molecule has 42 heavy (non-hydrogen) atoms. The van der Waals surface area contributed by atoms with Crippen LogP contribution >= 0.6 is 0 Å². The molecule has 8 heteroatoms. The van der Waals surface area contributed by atoms with Gasteiger partial charge in [0.1, 0.15) is 0 Å². The van der Waals surface area contributed by atoms with Crippen LogP contribution in [0.25, 0.3) is 22.0 Å². The quantitative estimate of drug-likeness (QED) is 0.261. The van der Waals surface area contributed by atoms with Crippen LogP contribution in [0.15, 0.2) is 53.5 Å². The number of nitrogens with one attached hydrogen (secondary N) is 2. The maximum atomic E-state index is 13.7. The molecule has 2 aliphatic carbocycles. The van der Waals surface area contributed by atoms with Gasteiger partial charge in [-0.1, -0.05) is 43.5 Å². The number of rotatable bonds is 8. The number of aromatic nitrogens is 3. The first-order chi connectivity index (χ1) is 20.3. The summed E-state index contributed by atoms with van der Waals surface area (Å²) >= 11 is 0. The smallest absolute Gasteiger partial charge is 0.253 e. The number of aromatic amines is 1. The lowest BCUT2D eigenvalue weighted by molar-refractivity contribution is -0.122. The molecule has 2 heterocycles. The first-order valence-electron chi connectivity index (χ1n) is 15.2. The molecular formula is C34H39N5O3. The molecule has 0 aliphatic heterocycles. The summed E-state index contributed by atoms with van der Waals surface area (Å²) in [6, 6.07) is 14.7. The van der Waals surface area contributed by atoms with Crippen LogP contribution in [0.2, 0.25) is 0 Å². The maximum Gasteiger partial charge on any atom is 0.253 e. The van der Waals surface area contributed by atoms with Crippen molar-refractivity contribution in [3.05, 3.63) is 87.0 Å². The third-order valence-electron chi connectivity index (χ3n) is 9.36. The van der Waals surface area contributed by atoms with Crippen molar-refractivity contribution in [3.8, 4) is 11.1 Å². The highest BCUT2D eigenvalue weighted by molar-refractivity contribution is 6.08. The summed E-state index contributed by atoms with van der Waals surface area (Å²) in [7, 11) is 0. The molecular weight excluding hydrogens is 526 g/mol. The Balaban J connectivity index is 1.32. The number of nitrogens with two attached hydrogens (primary N) is 1.